The summed E-state index contributed by atoms with van der Waals surface area (Å²) < 4.78 is 17.0. The predicted molar refractivity (Wildman–Crippen MR) is 103 cm³/mol. The highest BCUT2D eigenvalue weighted by Gasteiger charge is 2.48. The van der Waals surface area contributed by atoms with Crippen molar-refractivity contribution in [3.8, 4) is 23.0 Å². The zero-order chi connectivity index (χ0) is 22.4. The van der Waals surface area contributed by atoms with Gasteiger partial charge in [0.2, 0.25) is 5.78 Å². The number of benzene rings is 2. The lowest BCUT2D eigenvalue weighted by molar-refractivity contribution is -0.304. The van der Waals surface area contributed by atoms with Gasteiger partial charge in [-0.2, -0.15) is 0 Å². The van der Waals surface area contributed by atoms with Crippen LogP contribution in [0.5, 0.6) is 23.0 Å². The number of Topliss-reactive ketones (excluding diaryl/α,β-unsaturated/α-hetero) is 1. The quantitative estimate of drug-likeness (QED) is 0.396. The third-order valence-corrected chi connectivity index (χ3v) is 5.41. The number of rotatable bonds is 3. The van der Waals surface area contributed by atoms with Crippen molar-refractivity contribution in [1.29, 1.82) is 0 Å². The Kier molecular flexibility index (Phi) is 5.50. The highest BCUT2D eigenvalue weighted by molar-refractivity contribution is 6.05. The van der Waals surface area contributed by atoms with E-state index in [0.29, 0.717) is 5.56 Å². The van der Waals surface area contributed by atoms with Gasteiger partial charge in [-0.3, -0.25) is 4.79 Å². The van der Waals surface area contributed by atoms with Crippen molar-refractivity contribution in [2.45, 2.75) is 49.8 Å². The highest BCUT2D eigenvalue weighted by Crippen LogP contribution is 2.43. The molecule has 0 aromatic heterocycles. The Labute approximate surface area is 176 Å². The van der Waals surface area contributed by atoms with Crippen molar-refractivity contribution >= 4 is 5.78 Å². The molecule has 10 heteroatoms. The summed E-state index contributed by atoms with van der Waals surface area (Å²) >= 11 is 0. The number of fused-ring (bicyclic) bond motifs is 1. The van der Waals surface area contributed by atoms with Crippen molar-refractivity contribution in [1.82, 2.24) is 0 Å². The van der Waals surface area contributed by atoms with Gasteiger partial charge in [0.05, 0.1) is 6.10 Å². The third-order valence-electron chi connectivity index (χ3n) is 5.41. The number of phenols is 3. The van der Waals surface area contributed by atoms with Crippen molar-refractivity contribution in [3.63, 3.8) is 0 Å². The predicted octanol–water partition coefficient (Wildman–Crippen LogP) is 0.332. The van der Waals surface area contributed by atoms with E-state index in [0.717, 1.165) is 6.07 Å². The molecule has 0 unspecified atom stereocenters. The summed E-state index contributed by atoms with van der Waals surface area (Å²) in [6, 6.07) is 7.90. The standard InChI is InChI=1S/C21H22O10/c1-8-15(25)17(27)18(28)21(29-8)31-20-16(26)14-12(24)6-11(23)7-13(14)30-19(20)9-2-4-10(22)5-3-9/h2-8,15,17-25,27-28H,1H3/t8-,15-,17+,18+,19-,20-,21+/m0/s1. The summed E-state index contributed by atoms with van der Waals surface area (Å²) in [5.74, 6) is -1.64. The molecular weight excluding hydrogens is 412 g/mol. The van der Waals surface area contributed by atoms with Gasteiger partial charge in [-0.15, -0.1) is 0 Å². The van der Waals surface area contributed by atoms with Crippen molar-refractivity contribution in [2.75, 3.05) is 0 Å². The molecular formula is C21H22O10. The molecule has 2 heterocycles. The Morgan fingerprint density at radius 2 is 1.58 bits per heavy atom. The lowest BCUT2D eigenvalue weighted by Crippen LogP contribution is -2.59. The van der Waals surface area contributed by atoms with E-state index >= 15 is 0 Å². The van der Waals surface area contributed by atoms with Crippen LogP contribution in [-0.4, -0.2) is 73.2 Å². The van der Waals surface area contributed by atoms with Crippen LogP contribution in [-0.2, 0) is 9.47 Å². The first kappa shape index (κ1) is 21.3. The van der Waals surface area contributed by atoms with Crippen LogP contribution in [0.3, 0.4) is 0 Å². The summed E-state index contributed by atoms with van der Waals surface area (Å²) in [5.41, 5.74) is 0.195. The van der Waals surface area contributed by atoms with Crippen LogP contribution in [0, 0.1) is 0 Å². The van der Waals surface area contributed by atoms with Gasteiger partial charge in [0.1, 0.15) is 46.9 Å². The Bertz CT molecular complexity index is 975. The zero-order valence-corrected chi connectivity index (χ0v) is 16.3. The van der Waals surface area contributed by atoms with Crippen LogP contribution >= 0.6 is 0 Å². The van der Waals surface area contributed by atoms with Crippen LogP contribution < -0.4 is 4.74 Å². The van der Waals surface area contributed by atoms with Gasteiger partial charge in [-0.05, 0) is 24.6 Å². The molecule has 0 bridgehead atoms. The molecule has 0 radical (unpaired) electrons. The van der Waals surface area contributed by atoms with Crippen molar-refractivity contribution in [3.05, 3.63) is 47.5 Å². The number of phenolic OH excluding ortho intramolecular Hbond substituents is 3. The number of aliphatic hydroxyl groups is 3. The fourth-order valence-corrected chi connectivity index (χ4v) is 3.72. The summed E-state index contributed by atoms with van der Waals surface area (Å²) in [4.78, 5) is 13.3. The summed E-state index contributed by atoms with van der Waals surface area (Å²) in [6.07, 6.45) is -9.49. The van der Waals surface area contributed by atoms with Crippen LogP contribution in [0.15, 0.2) is 36.4 Å². The Morgan fingerprint density at radius 1 is 0.903 bits per heavy atom. The van der Waals surface area contributed by atoms with E-state index in [1.165, 1.54) is 37.3 Å². The monoisotopic (exact) mass is 434 g/mol. The number of carbonyl (C=O) groups is 1. The van der Waals surface area contributed by atoms with Crippen molar-refractivity contribution < 1.29 is 49.6 Å². The normalized spacial score (nSPS) is 32.9. The van der Waals surface area contributed by atoms with Crippen LogP contribution in [0.2, 0.25) is 0 Å². The smallest absolute Gasteiger partial charge is 0.203 e. The van der Waals surface area contributed by atoms with E-state index in [1.54, 1.807) is 0 Å². The molecule has 0 spiro atoms. The van der Waals surface area contributed by atoms with Gasteiger partial charge in [0.15, 0.2) is 18.5 Å². The zero-order valence-electron chi connectivity index (χ0n) is 16.3. The number of hydrogen-bond donors (Lipinski definition) is 6. The van der Waals surface area contributed by atoms with E-state index in [1.807, 2.05) is 0 Å². The molecule has 31 heavy (non-hydrogen) atoms. The molecule has 1 saturated heterocycles. The molecule has 2 aromatic rings. The number of carbonyl (C=O) groups excluding carboxylic acids is 1. The molecule has 0 amide bonds. The molecule has 0 saturated carbocycles. The Hall–Kier alpha value is -2.89. The lowest BCUT2D eigenvalue weighted by Gasteiger charge is -2.42. The number of ketones is 1. The third kappa shape index (κ3) is 3.80. The van der Waals surface area contributed by atoms with E-state index < -0.39 is 54.4 Å². The van der Waals surface area contributed by atoms with E-state index in [4.69, 9.17) is 14.2 Å². The minimum absolute atomic E-state index is 0.0176. The molecule has 0 aliphatic carbocycles. The van der Waals surface area contributed by atoms with Gasteiger partial charge >= 0.3 is 0 Å². The first-order valence-electron chi connectivity index (χ1n) is 9.58. The van der Waals surface area contributed by atoms with E-state index in [-0.39, 0.29) is 22.8 Å². The molecule has 10 nitrogen and oxygen atoms in total. The molecule has 2 aliphatic rings. The number of ether oxygens (including phenoxy) is 3. The molecule has 2 aliphatic heterocycles. The summed E-state index contributed by atoms with van der Waals surface area (Å²) in [6.45, 7) is 1.47. The Morgan fingerprint density at radius 3 is 2.26 bits per heavy atom. The molecule has 1 fully saturated rings. The largest absolute Gasteiger partial charge is 0.508 e. The molecule has 166 valence electrons. The van der Waals surface area contributed by atoms with Gasteiger partial charge in [0.25, 0.3) is 0 Å². The summed E-state index contributed by atoms with van der Waals surface area (Å²) in [5, 5.41) is 59.8. The van der Waals surface area contributed by atoms with Gasteiger partial charge in [-0.1, -0.05) is 12.1 Å². The first-order valence-corrected chi connectivity index (χ1v) is 9.58. The molecule has 4 rings (SSSR count). The summed E-state index contributed by atoms with van der Waals surface area (Å²) in [7, 11) is 0. The van der Waals surface area contributed by atoms with Gasteiger partial charge in [-0.25, -0.2) is 0 Å². The maximum Gasteiger partial charge on any atom is 0.203 e. The molecule has 6 N–H and O–H groups in total. The lowest BCUT2D eigenvalue weighted by atomic mass is 9.92. The number of aliphatic hydroxyl groups excluding tert-OH is 3. The van der Waals surface area contributed by atoms with Gasteiger partial charge in [0, 0.05) is 12.1 Å². The van der Waals surface area contributed by atoms with Crippen LogP contribution in [0.25, 0.3) is 0 Å². The molecule has 2 aromatic carbocycles. The minimum atomic E-state index is -1.66. The highest BCUT2D eigenvalue weighted by atomic mass is 16.7. The van der Waals surface area contributed by atoms with E-state index in [9.17, 15) is 35.4 Å². The Balaban J connectivity index is 1.73. The van der Waals surface area contributed by atoms with Gasteiger partial charge < -0.3 is 44.8 Å². The van der Waals surface area contributed by atoms with Crippen molar-refractivity contribution in [2.24, 2.45) is 0 Å². The maximum absolute atomic E-state index is 13.3. The second-order valence-corrected chi connectivity index (χ2v) is 7.57. The fraction of sp³-hybridized carbons (Fsp3) is 0.381. The average molecular weight is 434 g/mol. The number of aromatic hydroxyl groups is 3. The van der Waals surface area contributed by atoms with Crippen LogP contribution in [0.1, 0.15) is 28.9 Å². The minimum Gasteiger partial charge on any atom is -0.508 e. The molecule has 7 atom stereocenters. The van der Waals surface area contributed by atoms with Crippen LogP contribution in [0.4, 0.5) is 0 Å². The second-order valence-electron chi connectivity index (χ2n) is 7.57. The first-order chi connectivity index (χ1) is 14.7. The fourth-order valence-electron chi connectivity index (χ4n) is 3.72. The SMILES string of the molecule is C[C@@H]1O[C@H](O[C@H]2C(=O)c3c(O)cc(O)cc3O[C@H]2c2ccc(O)cc2)[C@H](O)[C@H](O)[C@H]1O. The topological polar surface area (TPSA) is 166 Å². The average Bonchev–Trinajstić information content (AvgIpc) is 2.72. The number of hydrogen-bond acceptors (Lipinski definition) is 10. The van der Waals surface area contributed by atoms with E-state index in [2.05, 4.69) is 0 Å². The second kappa shape index (κ2) is 7.98. The maximum atomic E-state index is 13.3.